The summed E-state index contributed by atoms with van der Waals surface area (Å²) in [5.74, 6) is -0.295. The lowest BCUT2D eigenvalue weighted by Gasteiger charge is -2.16. The van der Waals surface area contributed by atoms with Crippen molar-refractivity contribution in [2.24, 2.45) is 5.73 Å². The van der Waals surface area contributed by atoms with Crippen molar-refractivity contribution in [3.05, 3.63) is 47.5 Å². The molecule has 3 nitrogen and oxygen atoms in total. The zero-order chi connectivity index (χ0) is 12.7. The summed E-state index contributed by atoms with van der Waals surface area (Å²) >= 11 is 5.92. The summed E-state index contributed by atoms with van der Waals surface area (Å²) in [6.45, 7) is 4.48. The van der Waals surface area contributed by atoms with Crippen LogP contribution in [0.1, 0.15) is 17.9 Å². The number of hydrogen-bond donors (Lipinski definition) is 2. The molecule has 0 aliphatic carbocycles. The fraction of sp³-hybridized carbons (Fsp3) is 0.308. The first kappa shape index (κ1) is 13.7. The third kappa shape index (κ3) is 4.21. The molecule has 0 aliphatic heterocycles. The van der Waals surface area contributed by atoms with E-state index in [0.717, 1.165) is 5.56 Å². The molecule has 0 saturated heterocycles. The third-order valence-electron chi connectivity index (χ3n) is 2.44. The Bertz CT molecular complexity index is 393. The minimum atomic E-state index is -0.251. The molecule has 0 saturated carbocycles. The second kappa shape index (κ2) is 7.09. The van der Waals surface area contributed by atoms with Crippen molar-refractivity contribution < 1.29 is 4.79 Å². The van der Waals surface area contributed by atoms with Crippen LogP contribution in [0.3, 0.4) is 0 Å². The summed E-state index contributed by atoms with van der Waals surface area (Å²) < 4.78 is 0. The maximum atomic E-state index is 11.9. The van der Waals surface area contributed by atoms with E-state index in [0.29, 0.717) is 24.5 Å². The van der Waals surface area contributed by atoms with Gasteiger partial charge >= 0.3 is 0 Å². The van der Waals surface area contributed by atoms with E-state index in [1.54, 1.807) is 18.2 Å². The lowest BCUT2D eigenvalue weighted by Crippen LogP contribution is -2.30. The first-order chi connectivity index (χ1) is 8.19. The molecule has 92 valence electrons. The van der Waals surface area contributed by atoms with Gasteiger partial charge in [0.2, 0.25) is 5.91 Å². The zero-order valence-corrected chi connectivity index (χ0v) is 10.4. The second-order valence-electron chi connectivity index (χ2n) is 3.72. The Labute approximate surface area is 107 Å². The molecule has 4 heteroatoms. The van der Waals surface area contributed by atoms with Gasteiger partial charge in [-0.2, -0.15) is 0 Å². The van der Waals surface area contributed by atoms with Crippen LogP contribution in [0.4, 0.5) is 0 Å². The van der Waals surface area contributed by atoms with Crippen LogP contribution in [-0.2, 0) is 4.79 Å². The molecule has 0 radical (unpaired) electrons. The van der Waals surface area contributed by atoms with Crippen LogP contribution < -0.4 is 11.1 Å². The van der Waals surface area contributed by atoms with Gasteiger partial charge in [0, 0.05) is 11.6 Å². The Morgan fingerprint density at radius 3 is 2.94 bits per heavy atom. The third-order valence-corrected chi connectivity index (χ3v) is 2.68. The molecule has 0 fully saturated rings. The Balaban J connectivity index is 2.84. The molecule has 1 aromatic rings. The van der Waals surface area contributed by atoms with Gasteiger partial charge in [-0.05, 0) is 30.7 Å². The molecule has 1 rings (SSSR count). The van der Waals surface area contributed by atoms with E-state index in [-0.39, 0.29) is 11.8 Å². The number of halogens is 1. The highest BCUT2D eigenvalue weighted by Crippen LogP contribution is 2.22. The van der Waals surface area contributed by atoms with E-state index in [1.165, 1.54) is 0 Å². The maximum Gasteiger partial charge on any atom is 0.227 e. The van der Waals surface area contributed by atoms with Gasteiger partial charge in [0.1, 0.15) is 0 Å². The van der Waals surface area contributed by atoms with E-state index in [4.69, 9.17) is 17.3 Å². The quantitative estimate of drug-likeness (QED) is 0.762. The molecule has 3 N–H and O–H groups in total. The SMILES string of the molecule is C=CCNC(=O)C(CCN)c1cccc(Cl)c1. The van der Waals surface area contributed by atoms with Crippen LogP contribution in [0.5, 0.6) is 0 Å². The summed E-state index contributed by atoms with van der Waals surface area (Å²) in [4.78, 5) is 11.9. The molecule has 17 heavy (non-hydrogen) atoms. The Morgan fingerprint density at radius 2 is 2.35 bits per heavy atom. The number of carbonyl (C=O) groups is 1. The number of nitrogens with two attached hydrogens (primary N) is 1. The zero-order valence-electron chi connectivity index (χ0n) is 9.66. The second-order valence-corrected chi connectivity index (χ2v) is 4.16. The summed E-state index contributed by atoms with van der Waals surface area (Å²) in [6.07, 6.45) is 2.25. The Hall–Kier alpha value is -1.32. The Morgan fingerprint density at radius 1 is 1.59 bits per heavy atom. The molecule has 1 amide bonds. The van der Waals surface area contributed by atoms with Gasteiger partial charge in [-0.3, -0.25) is 4.79 Å². The van der Waals surface area contributed by atoms with E-state index in [9.17, 15) is 4.79 Å². The van der Waals surface area contributed by atoms with E-state index < -0.39 is 0 Å². The summed E-state index contributed by atoms with van der Waals surface area (Å²) in [6, 6.07) is 7.31. The van der Waals surface area contributed by atoms with Gasteiger partial charge in [0.05, 0.1) is 5.92 Å². The van der Waals surface area contributed by atoms with Crippen molar-refractivity contribution in [3.63, 3.8) is 0 Å². The Kier molecular flexibility index (Phi) is 5.73. The van der Waals surface area contributed by atoms with Gasteiger partial charge in [0.25, 0.3) is 0 Å². The number of carbonyl (C=O) groups excluding carboxylic acids is 1. The molecular formula is C13H17ClN2O. The van der Waals surface area contributed by atoms with Crippen molar-refractivity contribution in [1.29, 1.82) is 0 Å². The highest BCUT2D eigenvalue weighted by molar-refractivity contribution is 6.30. The number of amides is 1. The predicted molar refractivity (Wildman–Crippen MR) is 71.1 cm³/mol. The molecule has 0 bridgehead atoms. The number of rotatable bonds is 6. The minimum Gasteiger partial charge on any atom is -0.352 e. The van der Waals surface area contributed by atoms with Crippen molar-refractivity contribution in [2.45, 2.75) is 12.3 Å². The fourth-order valence-corrected chi connectivity index (χ4v) is 1.83. The smallest absolute Gasteiger partial charge is 0.227 e. The van der Waals surface area contributed by atoms with Crippen molar-refractivity contribution in [3.8, 4) is 0 Å². The molecule has 0 spiro atoms. The lowest BCUT2D eigenvalue weighted by atomic mass is 9.95. The molecule has 0 heterocycles. The molecule has 0 aromatic heterocycles. The number of nitrogens with one attached hydrogen (secondary N) is 1. The fourth-order valence-electron chi connectivity index (χ4n) is 1.64. The number of hydrogen-bond acceptors (Lipinski definition) is 2. The molecule has 1 atom stereocenters. The monoisotopic (exact) mass is 252 g/mol. The molecular weight excluding hydrogens is 236 g/mol. The predicted octanol–water partition coefficient (Wildman–Crippen LogP) is 2.07. The standard InChI is InChI=1S/C13H17ClN2O/c1-2-8-16-13(17)12(6-7-15)10-4-3-5-11(14)9-10/h2-5,9,12H,1,6-8,15H2,(H,16,17). The molecule has 1 aromatic carbocycles. The summed E-state index contributed by atoms with van der Waals surface area (Å²) in [5, 5.41) is 3.41. The van der Waals surface area contributed by atoms with Crippen molar-refractivity contribution >= 4 is 17.5 Å². The van der Waals surface area contributed by atoms with Gasteiger partial charge in [-0.25, -0.2) is 0 Å². The number of benzene rings is 1. The minimum absolute atomic E-state index is 0.0439. The van der Waals surface area contributed by atoms with Crippen LogP contribution in [0, 0.1) is 0 Å². The van der Waals surface area contributed by atoms with E-state index in [1.807, 2.05) is 12.1 Å². The van der Waals surface area contributed by atoms with Gasteiger partial charge in [-0.1, -0.05) is 29.8 Å². The molecule has 0 aliphatic rings. The van der Waals surface area contributed by atoms with Crippen LogP contribution in [0.15, 0.2) is 36.9 Å². The van der Waals surface area contributed by atoms with E-state index in [2.05, 4.69) is 11.9 Å². The molecule has 1 unspecified atom stereocenters. The normalized spacial score (nSPS) is 11.9. The summed E-state index contributed by atoms with van der Waals surface area (Å²) in [7, 11) is 0. The van der Waals surface area contributed by atoms with Crippen LogP contribution in [-0.4, -0.2) is 19.0 Å². The maximum absolute atomic E-state index is 11.9. The average Bonchev–Trinajstić information content (AvgIpc) is 2.33. The highest BCUT2D eigenvalue weighted by Gasteiger charge is 2.19. The first-order valence-corrected chi connectivity index (χ1v) is 5.91. The summed E-state index contributed by atoms with van der Waals surface area (Å²) in [5.41, 5.74) is 6.43. The van der Waals surface area contributed by atoms with Gasteiger partial charge < -0.3 is 11.1 Å². The average molecular weight is 253 g/mol. The van der Waals surface area contributed by atoms with Crippen LogP contribution >= 0.6 is 11.6 Å². The highest BCUT2D eigenvalue weighted by atomic mass is 35.5. The first-order valence-electron chi connectivity index (χ1n) is 5.53. The van der Waals surface area contributed by atoms with Crippen LogP contribution in [0.25, 0.3) is 0 Å². The topological polar surface area (TPSA) is 55.1 Å². The largest absolute Gasteiger partial charge is 0.352 e. The van der Waals surface area contributed by atoms with Crippen molar-refractivity contribution in [2.75, 3.05) is 13.1 Å². The van der Waals surface area contributed by atoms with Crippen LogP contribution in [0.2, 0.25) is 5.02 Å². The lowest BCUT2D eigenvalue weighted by molar-refractivity contribution is -0.122. The van der Waals surface area contributed by atoms with Gasteiger partial charge in [-0.15, -0.1) is 6.58 Å². The van der Waals surface area contributed by atoms with Gasteiger partial charge in [0.15, 0.2) is 0 Å². The van der Waals surface area contributed by atoms with Crippen molar-refractivity contribution in [1.82, 2.24) is 5.32 Å². The van der Waals surface area contributed by atoms with E-state index >= 15 is 0 Å².